The van der Waals surface area contributed by atoms with Gasteiger partial charge in [-0.2, -0.15) is 0 Å². The van der Waals surface area contributed by atoms with Gasteiger partial charge in [-0.3, -0.25) is 0 Å². The summed E-state index contributed by atoms with van der Waals surface area (Å²) < 4.78 is 0. The fourth-order valence-electron chi connectivity index (χ4n) is 1.55. The van der Waals surface area contributed by atoms with E-state index in [0.29, 0.717) is 5.95 Å². The van der Waals surface area contributed by atoms with Crippen LogP contribution in [0.3, 0.4) is 0 Å². The Bertz CT molecular complexity index is 499. The average Bonchev–Trinajstić information content (AvgIpc) is 2.50. The molecule has 4 heteroatoms. The maximum Gasteiger partial charge on any atom is 0.198 e. The molecule has 0 unspecified atom stereocenters. The van der Waals surface area contributed by atoms with Crippen LogP contribution in [0.5, 0.6) is 0 Å². The van der Waals surface area contributed by atoms with E-state index in [1.54, 1.807) is 0 Å². The van der Waals surface area contributed by atoms with Crippen LogP contribution >= 0.6 is 0 Å². The fourth-order valence-corrected chi connectivity index (χ4v) is 1.55. The molecule has 2 rings (SSSR count). The summed E-state index contributed by atoms with van der Waals surface area (Å²) in [4.78, 5) is 7.18. The number of anilines is 2. The predicted molar refractivity (Wildman–Crippen MR) is 62.3 cm³/mol. The molecule has 0 spiro atoms. The average molecular weight is 202 g/mol. The lowest BCUT2D eigenvalue weighted by Gasteiger charge is -2.03. The second-order valence-corrected chi connectivity index (χ2v) is 3.67. The van der Waals surface area contributed by atoms with Gasteiger partial charge in [0, 0.05) is 16.9 Å². The zero-order chi connectivity index (χ0) is 11.0. The number of nitrogens with two attached hydrogens (primary N) is 2. The third-order valence-electron chi connectivity index (χ3n) is 2.46. The Morgan fingerprint density at radius 1 is 1.20 bits per heavy atom. The van der Waals surface area contributed by atoms with Gasteiger partial charge < -0.3 is 16.5 Å². The van der Waals surface area contributed by atoms with Crippen molar-refractivity contribution in [3.8, 4) is 11.3 Å². The third kappa shape index (κ3) is 1.66. The van der Waals surface area contributed by atoms with Crippen molar-refractivity contribution >= 4 is 11.6 Å². The highest BCUT2D eigenvalue weighted by molar-refractivity contribution is 5.68. The number of rotatable bonds is 1. The first-order chi connectivity index (χ1) is 7.08. The van der Waals surface area contributed by atoms with E-state index in [0.717, 1.165) is 28.2 Å². The number of hydrogen-bond acceptors (Lipinski definition) is 3. The number of imidazole rings is 1. The molecule has 0 aliphatic carbocycles. The number of aromatic nitrogens is 2. The standard InChI is InChI=1S/C11H14N4/c1-6-3-4-8(5-9(6)12)10-7(2)14-11(13)15-10/h3-5H,12H2,1-2H3,(H3,13,14,15). The highest BCUT2D eigenvalue weighted by atomic mass is 15.0. The summed E-state index contributed by atoms with van der Waals surface area (Å²) in [5, 5.41) is 0. The minimum atomic E-state index is 0.432. The molecule has 0 aliphatic heterocycles. The molecule has 0 aliphatic rings. The first kappa shape index (κ1) is 9.58. The molecule has 4 nitrogen and oxygen atoms in total. The number of nitrogen functional groups attached to an aromatic ring is 2. The molecule has 0 radical (unpaired) electrons. The molecule has 1 aromatic heterocycles. The first-order valence-electron chi connectivity index (χ1n) is 4.76. The molecular formula is C11H14N4. The van der Waals surface area contributed by atoms with Gasteiger partial charge in [-0.1, -0.05) is 12.1 Å². The van der Waals surface area contributed by atoms with E-state index in [4.69, 9.17) is 11.5 Å². The van der Waals surface area contributed by atoms with Crippen LogP contribution in [-0.2, 0) is 0 Å². The molecule has 0 saturated heterocycles. The van der Waals surface area contributed by atoms with Gasteiger partial charge in [-0.25, -0.2) is 4.98 Å². The highest BCUT2D eigenvalue weighted by Gasteiger charge is 2.07. The van der Waals surface area contributed by atoms with Crippen LogP contribution in [-0.4, -0.2) is 9.97 Å². The van der Waals surface area contributed by atoms with Crippen molar-refractivity contribution < 1.29 is 0 Å². The quantitative estimate of drug-likeness (QED) is 0.617. The Labute approximate surface area is 88.3 Å². The number of benzene rings is 1. The Balaban J connectivity index is 2.54. The van der Waals surface area contributed by atoms with Gasteiger partial charge in [0.1, 0.15) is 0 Å². The van der Waals surface area contributed by atoms with Crippen molar-refractivity contribution in [3.63, 3.8) is 0 Å². The Morgan fingerprint density at radius 3 is 2.47 bits per heavy atom. The summed E-state index contributed by atoms with van der Waals surface area (Å²) in [6.45, 7) is 3.92. The summed E-state index contributed by atoms with van der Waals surface area (Å²) in [6.07, 6.45) is 0. The Morgan fingerprint density at radius 2 is 1.93 bits per heavy atom. The van der Waals surface area contributed by atoms with E-state index in [2.05, 4.69) is 9.97 Å². The molecule has 1 heterocycles. The van der Waals surface area contributed by atoms with E-state index >= 15 is 0 Å². The fraction of sp³-hybridized carbons (Fsp3) is 0.182. The maximum absolute atomic E-state index is 5.85. The summed E-state index contributed by atoms with van der Waals surface area (Å²) >= 11 is 0. The molecule has 5 N–H and O–H groups in total. The largest absolute Gasteiger partial charge is 0.398 e. The second kappa shape index (κ2) is 3.31. The Kier molecular flexibility index (Phi) is 2.11. The van der Waals surface area contributed by atoms with Crippen molar-refractivity contribution in [2.75, 3.05) is 11.5 Å². The summed E-state index contributed by atoms with van der Waals surface area (Å²) in [5.41, 5.74) is 16.1. The van der Waals surface area contributed by atoms with Crippen LogP contribution in [0.4, 0.5) is 11.6 Å². The molecule has 0 saturated carbocycles. The first-order valence-corrected chi connectivity index (χ1v) is 4.76. The van der Waals surface area contributed by atoms with E-state index in [9.17, 15) is 0 Å². The normalized spacial score (nSPS) is 10.5. The van der Waals surface area contributed by atoms with Gasteiger partial charge in [0.05, 0.1) is 5.69 Å². The summed E-state index contributed by atoms with van der Waals surface area (Å²) in [5.74, 6) is 0.432. The van der Waals surface area contributed by atoms with E-state index in [1.165, 1.54) is 0 Å². The van der Waals surface area contributed by atoms with Crippen LogP contribution in [0, 0.1) is 13.8 Å². The van der Waals surface area contributed by atoms with Gasteiger partial charge >= 0.3 is 0 Å². The number of hydrogen-bond donors (Lipinski definition) is 3. The molecule has 0 bridgehead atoms. The lowest BCUT2D eigenvalue weighted by Crippen LogP contribution is -1.91. The minimum Gasteiger partial charge on any atom is -0.398 e. The predicted octanol–water partition coefficient (Wildman–Crippen LogP) is 1.86. The maximum atomic E-state index is 5.85. The van der Waals surface area contributed by atoms with Crippen LogP contribution in [0.1, 0.15) is 11.3 Å². The number of aromatic amines is 1. The molecule has 78 valence electrons. The van der Waals surface area contributed by atoms with Crippen LogP contribution in [0.25, 0.3) is 11.3 Å². The van der Waals surface area contributed by atoms with E-state index in [-0.39, 0.29) is 0 Å². The highest BCUT2D eigenvalue weighted by Crippen LogP contribution is 2.25. The molecular weight excluding hydrogens is 188 g/mol. The lowest BCUT2D eigenvalue weighted by molar-refractivity contribution is 1.26. The van der Waals surface area contributed by atoms with Gasteiger partial charge in [0.2, 0.25) is 0 Å². The van der Waals surface area contributed by atoms with Crippen LogP contribution < -0.4 is 11.5 Å². The monoisotopic (exact) mass is 202 g/mol. The lowest BCUT2D eigenvalue weighted by atomic mass is 10.1. The van der Waals surface area contributed by atoms with E-state index in [1.807, 2.05) is 32.0 Å². The molecule has 0 amide bonds. The summed E-state index contributed by atoms with van der Waals surface area (Å²) in [7, 11) is 0. The zero-order valence-corrected chi connectivity index (χ0v) is 8.83. The van der Waals surface area contributed by atoms with Crippen LogP contribution in [0.2, 0.25) is 0 Å². The number of aryl methyl sites for hydroxylation is 2. The molecule has 1 aromatic carbocycles. The minimum absolute atomic E-state index is 0.432. The van der Waals surface area contributed by atoms with Crippen molar-refractivity contribution in [3.05, 3.63) is 29.5 Å². The van der Waals surface area contributed by atoms with Gasteiger partial charge in [0.15, 0.2) is 5.95 Å². The number of nitrogens with zero attached hydrogens (tertiary/aromatic N) is 1. The van der Waals surface area contributed by atoms with Gasteiger partial charge in [-0.05, 0) is 25.5 Å². The SMILES string of the molecule is Cc1ccc(-c2nc(N)[nH]c2C)cc1N. The zero-order valence-electron chi connectivity index (χ0n) is 8.83. The summed E-state index contributed by atoms with van der Waals surface area (Å²) in [6, 6.07) is 5.89. The number of nitrogens with one attached hydrogen (secondary N) is 1. The van der Waals surface area contributed by atoms with Gasteiger partial charge in [0.25, 0.3) is 0 Å². The molecule has 0 fully saturated rings. The Hall–Kier alpha value is -1.97. The van der Waals surface area contributed by atoms with Crippen molar-refractivity contribution in [1.82, 2.24) is 9.97 Å². The van der Waals surface area contributed by atoms with E-state index < -0.39 is 0 Å². The van der Waals surface area contributed by atoms with Gasteiger partial charge in [-0.15, -0.1) is 0 Å². The van der Waals surface area contributed by atoms with Crippen molar-refractivity contribution in [1.29, 1.82) is 0 Å². The second-order valence-electron chi connectivity index (χ2n) is 3.67. The van der Waals surface area contributed by atoms with Crippen LogP contribution in [0.15, 0.2) is 18.2 Å². The topological polar surface area (TPSA) is 80.7 Å². The molecule has 2 aromatic rings. The van der Waals surface area contributed by atoms with Crippen molar-refractivity contribution in [2.45, 2.75) is 13.8 Å². The molecule has 15 heavy (non-hydrogen) atoms. The smallest absolute Gasteiger partial charge is 0.198 e. The van der Waals surface area contributed by atoms with Crippen molar-refractivity contribution in [2.24, 2.45) is 0 Å². The third-order valence-corrected chi connectivity index (χ3v) is 2.46. The number of H-pyrrole nitrogens is 1. The molecule has 0 atom stereocenters.